The second kappa shape index (κ2) is 5.07. The first-order valence-electron chi connectivity index (χ1n) is 3.33. The Morgan fingerprint density at radius 2 is 1.64 bits per heavy atom. The second-order valence-corrected chi connectivity index (χ2v) is 2.16. The lowest BCUT2D eigenvalue weighted by atomic mass is 10.3. The van der Waals surface area contributed by atoms with Crippen molar-refractivity contribution in [1.82, 2.24) is 0 Å². The molecule has 0 aromatic heterocycles. The molecule has 1 unspecified atom stereocenters. The minimum Gasteiger partial charge on any atom is -0.467 e. The molecule has 0 heterocycles. The summed E-state index contributed by atoms with van der Waals surface area (Å²) in [4.78, 5) is 28.9. The van der Waals surface area contributed by atoms with Crippen molar-refractivity contribution >= 4 is 5.97 Å². The topological polar surface area (TPSA) is 122 Å². The van der Waals surface area contributed by atoms with E-state index in [2.05, 4.69) is 9.47 Å². The highest BCUT2D eigenvalue weighted by Gasteiger charge is 2.48. The number of nitrogens with zero attached hydrogens (tertiary/aromatic N) is 2. The van der Waals surface area contributed by atoms with Crippen LogP contribution in [-0.4, -0.2) is 42.3 Å². The number of methoxy groups -OCH3 is 2. The summed E-state index contributed by atoms with van der Waals surface area (Å²) in [5.74, 6) is -1.16. The number of hydrogen-bond acceptors (Lipinski definition) is 7. The smallest absolute Gasteiger partial charge is 0.467 e. The van der Waals surface area contributed by atoms with Gasteiger partial charge in [-0.25, -0.2) is 4.79 Å². The van der Waals surface area contributed by atoms with Crippen molar-refractivity contribution in [3.63, 3.8) is 0 Å². The van der Waals surface area contributed by atoms with Gasteiger partial charge in [0.25, 0.3) is 6.10 Å². The molecule has 0 aliphatic rings. The van der Waals surface area contributed by atoms with Gasteiger partial charge in [-0.2, -0.15) is 0 Å². The molecule has 0 N–H and O–H groups in total. The standard InChI is InChI=1S/C5H8N2O7/c1-13-3(5(8)14-2)4(6(9)10)7(11)12/h3-4H,1-2H3. The first-order valence-corrected chi connectivity index (χ1v) is 3.33. The normalized spacial score (nSPS) is 12.2. The molecule has 1 atom stereocenters. The highest BCUT2D eigenvalue weighted by molar-refractivity contribution is 5.74. The van der Waals surface area contributed by atoms with Crippen LogP contribution in [0.3, 0.4) is 0 Å². The summed E-state index contributed by atoms with van der Waals surface area (Å²) in [5.41, 5.74) is 0. The van der Waals surface area contributed by atoms with Gasteiger partial charge in [0.1, 0.15) is 0 Å². The van der Waals surface area contributed by atoms with Crippen molar-refractivity contribution in [3.05, 3.63) is 20.2 Å². The zero-order valence-electron chi connectivity index (χ0n) is 7.41. The molecule has 0 rings (SSSR count). The Bertz CT molecular complexity index is 238. The molecule has 0 aliphatic carbocycles. The van der Waals surface area contributed by atoms with E-state index in [1.54, 1.807) is 0 Å². The quantitative estimate of drug-likeness (QED) is 0.247. The lowest BCUT2D eigenvalue weighted by Gasteiger charge is -2.10. The molecule has 0 fully saturated rings. The van der Waals surface area contributed by atoms with Gasteiger partial charge in [-0.15, -0.1) is 0 Å². The van der Waals surface area contributed by atoms with Gasteiger partial charge < -0.3 is 9.47 Å². The first-order chi connectivity index (χ1) is 6.45. The number of nitro groups is 2. The number of esters is 1. The van der Waals surface area contributed by atoms with Crippen molar-refractivity contribution in [2.24, 2.45) is 0 Å². The average Bonchev–Trinajstić information content (AvgIpc) is 2.11. The molecule has 9 nitrogen and oxygen atoms in total. The third kappa shape index (κ3) is 2.62. The van der Waals surface area contributed by atoms with Gasteiger partial charge in [0.15, 0.2) is 0 Å². The van der Waals surface area contributed by atoms with Crippen molar-refractivity contribution < 1.29 is 24.1 Å². The van der Waals surface area contributed by atoms with Crippen LogP contribution < -0.4 is 0 Å². The lowest BCUT2D eigenvalue weighted by Crippen LogP contribution is -2.46. The van der Waals surface area contributed by atoms with E-state index in [1.165, 1.54) is 0 Å². The predicted molar refractivity (Wildman–Crippen MR) is 40.6 cm³/mol. The number of carbonyl (C=O) groups excluding carboxylic acids is 1. The minimum atomic E-state index is -2.35. The van der Waals surface area contributed by atoms with Crippen molar-refractivity contribution in [2.75, 3.05) is 14.2 Å². The molecule has 0 radical (unpaired) electrons. The molecule has 0 saturated heterocycles. The summed E-state index contributed by atoms with van der Waals surface area (Å²) >= 11 is 0. The maximum Gasteiger partial charge on any atom is 0.486 e. The SMILES string of the molecule is COC(=O)C(OC)C([N+](=O)[O-])[N+](=O)[O-]. The summed E-state index contributed by atoms with van der Waals surface area (Å²) in [6, 6.07) is 0. The van der Waals surface area contributed by atoms with Crippen molar-refractivity contribution in [3.8, 4) is 0 Å². The second-order valence-electron chi connectivity index (χ2n) is 2.16. The first kappa shape index (κ1) is 12.2. The molecule has 80 valence electrons. The Labute approximate surface area is 77.9 Å². The van der Waals surface area contributed by atoms with Gasteiger partial charge in [-0.1, -0.05) is 0 Å². The maximum absolute atomic E-state index is 10.8. The average molecular weight is 208 g/mol. The monoisotopic (exact) mass is 208 g/mol. The van der Waals surface area contributed by atoms with Crippen LogP contribution in [0.5, 0.6) is 0 Å². The van der Waals surface area contributed by atoms with Crippen LogP contribution in [-0.2, 0) is 14.3 Å². The zero-order valence-corrected chi connectivity index (χ0v) is 7.41. The van der Waals surface area contributed by atoms with Gasteiger partial charge in [-0.05, 0) is 0 Å². The number of hydrogen-bond donors (Lipinski definition) is 0. The van der Waals surface area contributed by atoms with Gasteiger partial charge in [0.05, 0.1) is 17.0 Å². The van der Waals surface area contributed by atoms with Gasteiger partial charge in [-0.3, -0.25) is 20.2 Å². The third-order valence-corrected chi connectivity index (χ3v) is 1.39. The molecule has 0 spiro atoms. The largest absolute Gasteiger partial charge is 0.486 e. The van der Waals surface area contributed by atoms with Crippen LogP contribution in [0.15, 0.2) is 0 Å². The van der Waals surface area contributed by atoms with Gasteiger partial charge in [0.2, 0.25) is 0 Å². The van der Waals surface area contributed by atoms with E-state index in [4.69, 9.17) is 0 Å². The van der Waals surface area contributed by atoms with E-state index in [1.807, 2.05) is 0 Å². The summed E-state index contributed by atoms with van der Waals surface area (Å²) in [5, 5.41) is 20.5. The van der Waals surface area contributed by atoms with Gasteiger partial charge in [0, 0.05) is 7.11 Å². The van der Waals surface area contributed by atoms with Crippen molar-refractivity contribution in [1.29, 1.82) is 0 Å². The van der Waals surface area contributed by atoms with E-state index in [-0.39, 0.29) is 0 Å². The Balaban J connectivity index is 4.85. The Morgan fingerprint density at radius 1 is 1.21 bits per heavy atom. The van der Waals surface area contributed by atoms with Crippen LogP contribution in [0.1, 0.15) is 0 Å². The van der Waals surface area contributed by atoms with Gasteiger partial charge >= 0.3 is 12.1 Å². The molecular formula is C5H8N2O7. The molecule has 0 aromatic rings. The van der Waals surface area contributed by atoms with Crippen LogP contribution in [0, 0.1) is 20.2 Å². The molecule has 0 bridgehead atoms. The van der Waals surface area contributed by atoms with Crippen LogP contribution >= 0.6 is 0 Å². The summed E-state index contributed by atoms with van der Waals surface area (Å²) in [7, 11) is 1.90. The van der Waals surface area contributed by atoms with E-state index in [0.29, 0.717) is 0 Å². The van der Waals surface area contributed by atoms with Crippen LogP contribution in [0.4, 0.5) is 0 Å². The molecule has 0 amide bonds. The predicted octanol–water partition coefficient (Wildman–Crippen LogP) is -0.946. The molecule has 9 heteroatoms. The molecular weight excluding hydrogens is 200 g/mol. The zero-order chi connectivity index (χ0) is 11.3. The van der Waals surface area contributed by atoms with E-state index in [0.717, 1.165) is 14.2 Å². The fourth-order valence-electron chi connectivity index (χ4n) is 0.754. The molecule has 0 aliphatic heterocycles. The van der Waals surface area contributed by atoms with Crippen molar-refractivity contribution in [2.45, 2.75) is 12.3 Å². The molecule has 0 saturated carbocycles. The summed E-state index contributed by atoms with van der Waals surface area (Å²) < 4.78 is 8.44. The fourth-order valence-corrected chi connectivity index (χ4v) is 0.754. The summed E-state index contributed by atoms with van der Waals surface area (Å²) in [6.45, 7) is 0. The fraction of sp³-hybridized carbons (Fsp3) is 0.800. The van der Waals surface area contributed by atoms with Crippen LogP contribution in [0.25, 0.3) is 0 Å². The summed E-state index contributed by atoms with van der Waals surface area (Å²) in [6.07, 6.45) is -4.20. The van der Waals surface area contributed by atoms with Crippen LogP contribution in [0.2, 0.25) is 0 Å². The molecule has 14 heavy (non-hydrogen) atoms. The lowest BCUT2D eigenvalue weighted by molar-refractivity contribution is -0.749. The highest BCUT2D eigenvalue weighted by Crippen LogP contribution is 2.05. The number of rotatable bonds is 5. The number of ether oxygens (including phenoxy) is 2. The van der Waals surface area contributed by atoms with E-state index in [9.17, 15) is 25.0 Å². The Morgan fingerprint density at radius 3 is 1.86 bits per heavy atom. The highest BCUT2D eigenvalue weighted by atomic mass is 16.7. The maximum atomic E-state index is 10.8. The van der Waals surface area contributed by atoms with E-state index < -0.39 is 28.1 Å². The molecule has 0 aromatic carbocycles. The third-order valence-electron chi connectivity index (χ3n) is 1.39. The van der Waals surface area contributed by atoms with E-state index >= 15 is 0 Å². The number of carbonyl (C=O) groups is 1. The Kier molecular flexibility index (Phi) is 4.43. The Hall–Kier alpha value is -1.77. The minimum absolute atomic E-state index is 0.946.